The first-order chi connectivity index (χ1) is 8.10. The number of hydrogen-bond acceptors (Lipinski definition) is 6. The van der Waals surface area contributed by atoms with E-state index < -0.39 is 17.7 Å². The summed E-state index contributed by atoms with van der Waals surface area (Å²) in [7, 11) is 1.46. The van der Waals surface area contributed by atoms with Gasteiger partial charge in [-0.2, -0.15) is 4.98 Å². The van der Waals surface area contributed by atoms with Crippen molar-refractivity contribution in [2.75, 3.05) is 19.5 Å². The summed E-state index contributed by atoms with van der Waals surface area (Å²) in [6.45, 7) is -0.253. The number of ether oxygens (including phenoxy) is 2. The van der Waals surface area contributed by atoms with Crippen LogP contribution in [0, 0.1) is 0 Å². The Bertz CT molecular complexity index is 455. The Hall–Kier alpha value is -1.44. The zero-order valence-electron chi connectivity index (χ0n) is 9.50. The molecular weight excluding hydrogens is 226 g/mol. The molecule has 17 heavy (non-hydrogen) atoms. The van der Waals surface area contributed by atoms with E-state index >= 15 is 0 Å². The van der Waals surface area contributed by atoms with Crippen molar-refractivity contribution in [2.45, 2.75) is 24.9 Å². The molecule has 1 aliphatic rings. The molecule has 0 bridgehead atoms. The van der Waals surface area contributed by atoms with E-state index in [-0.39, 0.29) is 12.4 Å². The van der Waals surface area contributed by atoms with Crippen LogP contribution in [0.1, 0.15) is 19.1 Å². The van der Waals surface area contributed by atoms with Crippen molar-refractivity contribution in [3.8, 4) is 0 Å². The number of nitrogen functional groups attached to an aromatic ring is 1. The number of rotatable bonds is 3. The molecule has 0 saturated carbocycles. The molecule has 0 radical (unpaired) electrons. The molecule has 1 fully saturated rings. The highest BCUT2D eigenvalue weighted by atomic mass is 16.7. The van der Waals surface area contributed by atoms with Gasteiger partial charge in [0.1, 0.15) is 12.0 Å². The summed E-state index contributed by atoms with van der Waals surface area (Å²) in [5.74, 6) is -0.852. The van der Waals surface area contributed by atoms with Crippen LogP contribution in [0.15, 0.2) is 17.1 Å². The van der Waals surface area contributed by atoms with Gasteiger partial charge in [0.25, 0.3) is 0 Å². The molecule has 0 amide bonds. The van der Waals surface area contributed by atoms with E-state index in [2.05, 4.69) is 4.98 Å². The average Bonchev–Trinajstić information content (AvgIpc) is 2.74. The Morgan fingerprint density at radius 3 is 3.12 bits per heavy atom. The second-order valence-electron chi connectivity index (χ2n) is 3.93. The van der Waals surface area contributed by atoms with Gasteiger partial charge in [-0.1, -0.05) is 0 Å². The standard InChI is InChI=1S/C10H15N3O4/c1-16-10(6-14)4-2-8(17-10)13-5-3-7(11)12-9(13)15/h3,5,8,14H,2,4,6H2,1H3,(H2,11,12,15)/t8?,10-/m1/s1. The number of anilines is 1. The fraction of sp³-hybridized carbons (Fsp3) is 0.600. The molecule has 1 aromatic rings. The molecule has 0 spiro atoms. The number of methoxy groups -OCH3 is 1. The summed E-state index contributed by atoms with van der Waals surface area (Å²) >= 11 is 0. The van der Waals surface area contributed by atoms with Gasteiger partial charge in [0.05, 0.1) is 6.61 Å². The van der Waals surface area contributed by atoms with Crippen molar-refractivity contribution >= 4 is 5.82 Å². The van der Waals surface area contributed by atoms with E-state index in [1.165, 1.54) is 23.9 Å². The number of aliphatic hydroxyl groups is 1. The molecule has 1 aliphatic heterocycles. The van der Waals surface area contributed by atoms with Crippen LogP contribution in [0.5, 0.6) is 0 Å². The van der Waals surface area contributed by atoms with Crippen molar-refractivity contribution in [3.63, 3.8) is 0 Å². The predicted octanol–water partition coefficient (Wildman–Crippen LogP) is -0.531. The van der Waals surface area contributed by atoms with Crippen LogP contribution in [-0.2, 0) is 9.47 Å². The van der Waals surface area contributed by atoms with E-state index in [1.54, 1.807) is 0 Å². The van der Waals surface area contributed by atoms with Crippen LogP contribution in [0.3, 0.4) is 0 Å². The fourth-order valence-electron chi connectivity index (χ4n) is 1.88. The normalized spacial score (nSPS) is 28.5. The molecule has 1 saturated heterocycles. The molecule has 1 unspecified atom stereocenters. The number of nitrogens with zero attached hydrogens (tertiary/aromatic N) is 2. The SMILES string of the molecule is CO[C@]1(CO)CCC(n2ccc(N)nc2=O)O1. The van der Waals surface area contributed by atoms with Gasteiger partial charge in [0, 0.05) is 19.7 Å². The van der Waals surface area contributed by atoms with Crippen LogP contribution < -0.4 is 11.4 Å². The second kappa shape index (κ2) is 4.44. The fourth-order valence-corrected chi connectivity index (χ4v) is 1.88. The Labute approximate surface area is 97.8 Å². The third kappa shape index (κ3) is 2.17. The summed E-state index contributed by atoms with van der Waals surface area (Å²) in [6.07, 6.45) is 2.13. The topological polar surface area (TPSA) is 99.6 Å². The minimum absolute atomic E-state index is 0.171. The quantitative estimate of drug-likeness (QED) is 0.738. The van der Waals surface area contributed by atoms with Crippen LogP contribution in [-0.4, -0.2) is 34.2 Å². The maximum absolute atomic E-state index is 11.6. The van der Waals surface area contributed by atoms with Gasteiger partial charge in [0.2, 0.25) is 0 Å². The van der Waals surface area contributed by atoms with E-state index in [1.807, 2.05) is 0 Å². The summed E-state index contributed by atoms with van der Waals surface area (Å²) in [5.41, 5.74) is 4.93. The molecule has 7 nitrogen and oxygen atoms in total. The zero-order valence-corrected chi connectivity index (χ0v) is 9.50. The van der Waals surface area contributed by atoms with Gasteiger partial charge < -0.3 is 20.3 Å². The molecule has 7 heteroatoms. The van der Waals surface area contributed by atoms with Crippen LogP contribution in [0.2, 0.25) is 0 Å². The lowest BCUT2D eigenvalue weighted by atomic mass is 10.2. The van der Waals surface area contributed by atoms with Gasteiger partial charge in [-0.3, -0.25) is 4.57 Å². The molecular formula is C10H15N3O4. The Morgan fingerprint density at radius 1 is 1.82 bits per heavy atom. The Balaban J connectivity index is 2.23. The summed E-state index contributed by atoms with van der Waals surface area (Å²) in [6, 6.07) is 1.52. The lowest BCUT2D eigenvalue weighted by molar-refractivity contribution is -0.242. The highest BCUT2D eigenvalue weighted by molar-refractivity contribution is 5.23. The largest absolute Gasteiger partial charge is 0.391 e. The lowest BCUT2D eigenvalue weighted by Gasteiger charge is -2.25. The van der Waals surface area contributed by atoms with Crippen molar-refractivity contribution < 1.29 is 14.6 Å². The molecule has 2 atom stereocenters. The number of nitrogens with two attached hydrogens (primary N) is 1. The average molecular weight is 241 g/mol. The van der Waals surface area contributed by atoms with Crippen molar-refractivity contribution in [3.05, 3.63) is 22.7 Å². The maximum Gasteiger partial charge on any atom is 0.351 e. The van der Waals surface area contributed by atoms with E-state index in [9.17, 15) is 9.90 Å². The highest BCUT2D eigenvalue weighted by Gasteiger charge is 2.41. The molecule has 1 aromatic heterocycles. The van der Waals surface area contributed by atoms with Gasteiger partial charge in [-0.25, -0.2) is 4.79 Å². The molecule has 94 valence electrons. The van der Waals surface area contributed by atoms with Gasteiger partial charge in [-0.05, 0) is 12.5 Å². The van der Waals surface area contributed by atoms with Crippen LogP contribution in [0.25, 0.3) is 0 Å². The monoisotopic (exact) mass is 241 g/mol. The van der Waals surface area contributed by atoms with E-state index in [4.69, 9.17) is 15.2 Å². The minimum Gasteiger partial charge on any atom is -0.391 e. The summed E-state index contributed by atoms with van der Waals surface area (Å²) in [5, 5.41) is 9.22. The zero-order chi connectivity index (χ0) is 12.5. The maximum atomic E-state index is 11.6. The van der Waals surface area contributed by atoms with Gasteiger partial charge in [-0.15, -0.1) is 0 Å². The van der Waals surface area contributed by atoms with Gasteiger partial charge in [0.15, 0.2) is 5.79 Å². The highest BCUT2D eigenvalue weighted by Crippen LogP contribution is 2.35. The third-order valence-corrected chi connectivity index (χ3v) is 2.90. The van der Waals surface area contributed by atoms with Crippen LogP contribution in [0.4, 0.5) is 5.82 Å². The summed E-state index contributed by atoms with van der Waals surface area (Å²) < 4.78 is 12.0. The van der Waals surface area contributed by atoms with E-state index in [0.29, 0.717) is 12.8 Å². The first kappa shape index (κ1) is 12.0. The second-order valence-corrected chi connectivity index (χ2v) is 3.93. The number of aromatic nitrogens is 2. The minimum atomic E-state index is -1.02. The number of hydrogen-bond donors (Lipinski definition) is 2. The van der Waals surface area contributed by atoms with Crippen molar-refractivity contribution in [1.82, 2.24) is 9.55 Å². The van der Waals surface area contributed by atoms with E-state index in [0.717, 1.165) is 0 Å². The molecule has 0 aliphatic carbocycles. The smallest absolute Gasteiger partial charge is 0.351 e. The third-order valence-electron chi connectivity index (χ3n) is 2.90. The Kier molecular flexibility index (Phi) is 3.14. The van der Waals surface area contributed by atoms with Crippen molar-refractivity contribution in [1.29, 1.82) is 0 Å². The molecule has 3 N–H and O–H groups in total. The molecule has 2 rings (SSSR count). The molecule has 0 aromatic carbocycles. The Morgan fingerprint density at radius 2 is 2.59 bits per heavy atom. The molecule has 2 heterocycles. The first-order valence-corrected chi connectivity index (χ1v) is 5.29. The lowest BCUT2D eigenvalue weighted by Crippen LogP contribution is -2.36. The number of aliphatic hydroxyl groups excluding tert-OH is 1. The van der Waals surface area contributed by atoms with Gasteiger partial charge >= 0.3 is 5.69 Å². The predicted molar refractivity (Wildman–Crippen MR) is 59.1 cm³/mol. The van der Waals surface area contributed by atoms with Crippen LogP contribution >= 0.6 is 0 Å². The summed E-state index contributed by atoms with van der Waals surface area (Å²) in [4.78, 5) is 15.2. The van der Waals surface area contributed by atoms with Crippen molar-refractivity contribution in [2.24, 2.45) is 0 Å². The first-order valence-electron chi connectivity index (χ1n) is 5.29.